The van der Waals surface area contributed by atoms with E-state index in [-0.39, 0.29) is 18.5 Å². The number of ether oxygens (including phenoxy) is 2. The van der Waals surface area contributed by atoms with E-state index >= 15 is 0 Å². The van der Waals surface area contributed by atoms with Crippen molar-refractivity contribution in [2.45, 2.75) is 44.1 Å². The average molecular weight is 431 g/mol. The van der Waals surface area contributed by atoms with Gasteiger partial charge < -0.3 is 14.8 Å². The zero-order chi connectivity index (χ0) is 16.7. The molecule has 0 unspecified atom stereocenters. The first-order valence-corrected chi connectivity index (χ1v) is 8.91. The van der Waals surface area contributed by atoms with Gasteiger partial charge in [-0.3, -0.25) is 4.79 Å². The van der Waals surface area contributed by atoms with Gasteiger partial charge >= 0.3 is 5.97 Å². The summed E-state index contributed by atoms with van der Waals surface area (Å²) in [6.07, 6.45) is 5.21. The Bertz CT molecular complexity index is 536. The van der Waals surface area contributed by atoms with Crippen molar-refractivity contribution in [1.82, 2.24) is 5.32 Å². The predicted octanol–water partition coefficient (Wildman–Crippen LogP) is 3.05. The number of methoxy groups -OCH3 is 1. The highest BCUT2D eigenvalue weighted by atomic mass is 127. The van der Waals surface area contributed by atoms with Crippen LogP contribution < -0.4 is 10.1 Å². The summed E-state index contributed by atoms with van der Waals surface area (Å²) in [5.74, 6) is -0.0218. The lowest BCUT2D eigenvalue weighted by molar-refractivity contribution is -0.152. The Balaban J connectivity index is 1.96. The highest BCUT2D eigenvalue weighted by molar-refractivity contribution is 14.1. The minimum atomic E-state index is -0.905. The summed E-state index contributed by atoms with van der Waals surface area (Å²) in [4.78, 5) is 24.5. The number of hydrogen-bond donors (Lipinski definition) is 1. The van der Waals surface area contributed by atoms with Crippen LogP contribution in [0.2, 0.25) is 0 Å². The largest absolute Gasteiger partial charge is 0.484 e. The van der Waals surface area contributed by atoms with Crippen molar-refractivity contribution in [1.29, 1.82) is 0 Å². The average Bonchev–Trinajstić information content (AvgIpc) is 2.80. The van der Waals surface area contributed by atoms with Crippen molar-refractivity contribution in [3.63, 3.8) is 0 Å². The van der Waals surface area contributed by atoms with Gasteiger partial charge in [-0.05, 0) is 59.7 Å². The molecule has 0 atom stereocenters. The summed E-state index contributed by atoms with van der Waals surface area (Å²) >= 11 is 2.21. The molecule has 5 nitrogen and oxygen atoms in total. The second-order valence-corrected chi connectivity index (χ2v) is 7.02. The molecule has 126 valence electrons. The van der Waals surface area contributed by atoms with Gasteiger partial charge in [0.05, 0.1) is 7.11 Å². The molecule has 0 bridgehead atoms. The minimum absolute atomic E-state index is 0.112. The molecule has 1 aromatic rings. The maximum Gasteiger partial charge on any atom is 0.331 e. The van der Waals surface area contributed by atoms with Crippen molar-refractivity contribution < 1.29 is 19.1 Å². The lowest BCUT2D eigenvalue weighted by atomic mass is 9.90. The first-order valence-electron chi connectivity index (χ1n) is 7.83. The molecular weight excluding hydrogens is 409 g/mol. The van der Waals surface area contributed by atoms with Crippen molar-refractivity contribution in [3.05, 3.63) is 27.8 Å². The second-order valence-electron chi connectivity index (χ2n) is 5.78. The van der Waals surface area contributed by atoms with Gasteiger partial charge in [-0.15, -0.1) is 0 Å². The number of carbonyl (C=O) groups is 2. The number of halogens is 1. The van der Waals surface area contributed by atoms with Gasteiger partial charge in [0.25, 0.3) is 5.91 Å². The van der Waals surface area contributed by atoms with Crippen LogP contribution in [0.3, 0.4) is 0 Å². The Hall–Kier alpha value is -1.31. The molecule has 0 heterocycles. The van der Waals surface area contributed by atoms with E-state index in [9.17, 15) is 9.59 Å². The molecule has 0 aromatic heterocycles. The topological polar surface area (TPSA) is 64.6 Å². The van der Waals surface area contributed by atoms with Gasteiger partial charge in [0.15, 0.2) is 6.61 Å². The molecular formula is C17H22INO4. The maximum absolute atomic E-state index is 12.2. The van der Waals surface area contributed by atoms with Crippen molar-refractivity contribution in [3.8, 4) is 5.75 Å². The molecule has 6 heteroatoms. The molecule has 1 fully saturated rings. The van der Waals surface area contributed by atoms with E-state index in [0.29, 0.717) is 18.6 Å². The molecule has 0 radical (unpaired) electrons. The summed E-state index contributed by atoms with van der Waals surface area (Å²) in [6, 6.07) is 7.46. The molecule has 0 spiro atoms. The number of hydrogen-bond acceptors (Lipinski definition) is 4. The predicted molar refractivity (Wildman–Crippen MR) is 95.2 cm³/mol. The molecule has 1 saturated carbocycles. The quantitative estimate of drug-likeness (QED) is 0.442. The van der Waals surface area contributed by atoms with Gasteiger partial charge in [-0.1, -0.05) is 25.7 Å². The number of rotatable bonds is 5. The van der Waals surface area contributed by atoms with E-state index in [0.717, 1.165) is 29.3 Å². The third-order valence-corrected chi connectivity index (χ3v) is 4.81. The van der Waals surface area contributed by atoms with E-state index in [4.69, 9.17) is 9.47 Å². The first kappa shape index (κ1) is 18.0. The molecule has 1 aromatic carbocycles. The van der Waals surface area contributed by atoms with Crippen LogP contribution in [0.4, 0.5) is 0 Å². The Kier molecular flexibility index (Phi) is 6.68. The third-order valence-electron chi connectivity index (χ3n) is 4.10. The van der Waals surface area contributed by atoms with Crippen LogP contribution in [0.5, 0.6) is 5.75 Å². The van der Waals surface area contributed by atoms with Crippen LogP contribution >= 0.6 is 22.6 Å². The highest BCUT2D eigenvalue weighted by Crippen LogP contribution is 2.28. The van der Waals surface area contributed by atoms with Crippen LogP contribution in [-0.2, 0) is 14.3 Å². The summed E-state index contributed by atoms with van der Waals surface area (Å²) in [7, 11) is 1.36. The molecule has 1 N–H and O–H groups in total. The zero-order valence-corrected chi connectivity index (χ0v) is 15.4. The smallest absolute Gasteiger partial charge is 0.331 e. The lowest BCUT2D eigenvalue weighted by Crippen LogP contribution is -2.55. The van der Waals surface area contributed by atoms with E-state index in [1.165, 1.54) is 7.11 Å². The second kappa shape index (κ2) is 8.52. The summed E-state index contributed by atoms with van der Waals surface area (Å²) < 4.78 is 11.5. The molecule has 2 rings (SSSR count). The van der Waals surface area contributed by atoms with Crippen LogP contribution in [0.25, 0.3) is 0 Å². The monoisotopic (exact) mass is 431 g/mol. The minimum Gasteiger partial charge on any atom is -0.484 e. The fourth-order valence-electron chi connectivity index (χ4n) is 2.89. The van der Waals surface area contributed by atoms with Gasteiger partial charge in [0.1, 0.15) is 11.3 Å². The van der Waals surface area contributed by atoms with Gasteiger partial charge in [0.2, 0.25) is 0 Å². The molecule has 1 amide bonds. The van der Waals surface area contributed by atoms with Crippen molar-refractivity contribution >= 4 is 34.5 Å². The van der Waals surface area contributed by atoms with Crippen LogP contribution in [0.15, 0.2) is 24.3 Å². The first-order chi connectivity index (χ1) is 11.1. The van der Waals surface area contributed by atoms with Crippen LogP contribution in [0.1, 0.15) is 38.5 Å². The Morgan fingerprint density at radius 3 is 2.30 bits per heavy atom. The zero-order valence-electron chi connectivity index (χ0n) is 13.3. The number of nitrogens with one attached hydrogen (secondary N) is 1. The SMILES string of the molecule is COC(=O)C1(NC(=O)COc2ccc(I)cc2)CCCCCC1. The normalized spacial score (nSPS) is 17.0. The maximum atomic E-state index is 12.2. The van der Waals surface area contributed by atoms with Crippen molar-refractivity contribution in [2.75, 3.05) is 13.7 Å². The summed E-state index contributed by atoms with van der Waals surface area (Å²) in [5.41, 5.74) is -0.905. The Labute approximate surface area is 150 Å². The Morgan fingerprint density at radius 2 is 1.74 bits per heavy atom. The third kappa shape index (κ3) is 5.09. The number of amides is 1. The van der Waals surface area contributed by atoms with Gasteiger partial charge in [-0.2, -0.15) is 0 Å². The molecule has 23 heavy (non-hydrogen) atoms. The standard InChI is InChI=1S/C17H22INO4/c1-22-16(21)17(10-4-2-3-5-11-17)19-15(20)12-23-14-8-6-13(18)7-9-14/h6-9H,2-5,10-12H2,1H3,(H,19,20). The molecule has 1 aliphatic rings. The van der Waals surface area contributed by atoms with E-state index in [1.54, 1.807) is 0 Å². The van der Waals surface area contributed by atoms with E-state index in [2.05, 4.69) is 27.9 Å². The number of benzene rings is 1. The van der Waals surface area contributed by atoms with Crippen LogP contribution in [-0.4, -0.2) is 31.1 Å². The van der Waals surface area contributed by atoms with Gasteiger partial charge in [0, 0.05) is 3.57 Å². The highest BCUT2D eigenvalue weighted by Gasteiger charge is 2.41. The molecule has 0 aliphatic heterocycles. The van der Waals surface area contributed by atoms with Crippen LogP contribution in [0, 0.1) is 3.57 Å². The summed E-state index contributed by atoms with van der Waals surface area (Å²) in [6.45, 7) is -0.112. The number of esters is 1. The fraction of sp³-hybridized carbons (Fsp3) is 0.529. The van der Waals surface area contributed by atoms with E-state index in [1.807, 2.05) is 24.3 Å². The van der Waals surface area contributed by atoms with Crippen molar-refractivity contribution in [2.24, 2.45) is 0 Å². The fourth-order valence-corrected chi connectivity index (χ4v) is 3.25. The number of carbonyl (C=O) groups excluding carboxylic acids is 2. The Morgan fingerprint density at radius 1 is 1.13 bits per heavy atom. The molecule has 0 saturated heterocycles. The van der Waals surface area contributed by atoms with E-state index < -0.39 is 5.54 Å². The molecule has 1 aliphatic carbocycles. The lowest BCUT2D eigenvalue weighted by Gasteiger charge is -2.30. The van der Waals surface area contributed by atoms with Gasteiger partial charge in [-0.25, -0.2) is 4.79 Å². The summed E-state index contributed by atoms with van der Waals surface area (Å²) in [5, 5.41) is 2.86.